The lowest BCUT2D eigenvalue weighted by Crippen LogP contribution is -2.57. The van der Waals surface area contributed by atoms with Gasteiger partial charge in [0.1, 0.15) is 0 Å². The van der Waals surface area contributed by atoms with Gasteiger partial charge in [-0.1, -0.05) is 13.8 Å². The fourth-order valence-corrected chi connectivity index (χ4v) is 4.89. The minimum absolute atomic E-state index is 0.00512. The molecule has 15 heavy (non-hydrogen) atoms. The van der Waals surface area contributed by atoms with Gasteiger partial charge in [-0.25, -0.2) is 8.78 Å². The quantitative estimate of drug-likeness (QED) is 0.796. The van der Waals surface area contributed by atoms with Crippen LogP contribution in [-0.4, -0.2) is 23.0 Å². The molecule has 0 aromatic heterocycles. The molecule has 0 bridgehead atoms. The third kappa shape index (κ3) is 1.80. The van der Waals surface area contributed by atoms with E-state index in [1.165, 1.54) is 0 Å². The molecular formula is C11H19F2NS. The summed E-state index contributed by atoms with van der Waals surface area (Å²) in [6.45, 7) is 4.75. The van der Waals surface area contributed by atoms with E-state index in [1.807, 2.05) is 11.8 Å². The van der Waals surface area contributed by atoms with E-state index in [2.05, 4.69) is 13.8 Å². The van der Waals surface area contributed by atoms with E-state index in [1.54, 1.807) is 0 Å². The lowest BCUT2D eigenvalue weighted by Gasteiger charge is -2.53. The van der Waals surface area contributed by atoms with Crippen molar-refractivity contribution in [3.63, 3.8) is 0 Å². The van der Waals surface area contributed by atoms with Crippen molar-refractivity contribution in [1.82, 2.24) is 0 Å². The van der Waals surface area contributed by atoms with E-state index < -0.39 is 5.92 Å². The fourth-order valence-electron chi connectivity index (χ4n) is 3.44. The Balaban J connectivity index is 2.15. The van der Waals surface area contributed by atoms with Crippen LogP contribution in [0.3, 0.4) is 0 Å². The summed E-state index contributed by atoms with van der Waals surface area (Å²) in [6, 6.07) is 0. The van der Waals surface area contributed by atoms with Gasteiger partial charge in [0.25, 0.3) is 0 Å². The highest BCUT2D eigenvalue weighted by molar-refractivity contribution is 8.00. The van der Waals surface area contributed by atoms with Crippen LogP contribution in [0.4, 0.5) is 8.78 Å². The summed E-state index contributed by atoms with van der Waals surface area (Å²) in [6.07, 6.45) is 1.06. The highest BCUT2D eigenvalue weighted by Gasteiger charge is 2.62. The molecule has 0 radical (unpaired) electrons. The van der Waals surface area contributed by atoms with Crippen molar-refractivity contribution in [2.75, 3.05) is 12.3 Å². The van der Waals surface area contributed by atoms with Gasteiger partial charge in [0.05, 0.1) is 0 Å². The van der Waals surface area contributed by atoms with Gasteiger partial charge in [-0.05, 0) is 30.1 Å². The molecule has 1 saturated heterocycles. The van der Waals surface area contributed by atoms with Gasteiger partial charge in [0.15, 0.2) is 0 Å². The normalized spacial score (nSPS) is 36.2. The molecule has 2 aliphatic rings. The van der Waals surface area contributed by atoms with Crippen molar-refractivity contribution >= 4 is 11.8 Å². The Bertz CT molecular complexity index is 257. The van der Waals surface area contributed by atoms with E-state index in [4.69, 9.17) is 5.73 Å². The Morgan fingerprint density at radius 2 is 1.93 bits per heavy atom. The number of nitrogens with two attached hydrogens (primary N) is 1. The van der Waals surface area contributed by atoms with Crippen LogP contribution in [0, 0.1) is 11.3 Å². The first-order valence-electron chi connectivity index (χ1n) is 5.53. The van der Waals surface area contributed by atoms with E-state index in [9.17, 15) is 8.78 Å². The largest absolute Gasteiger partial charge is 0.330 e. The second-order valence-electron chi connectivity index (χ2n) is 5.57. The third-order valence-corrected chi connectivity index (χ3v) is 5.56. The first kappa shape index (κ1) is 11.6. The summed E-state index contributed by atoms with van der Waals surface area (Å²) in [4.78, 5) is 0. The number of hydrogen-bond donors (Lipinski definition) is 1. The van der Waals surface area contributed by atoms with E-state index in [0.717, 1.165) is 12.2 Å². The molecule has 2 fully saturated rings. The fraction of sp³-hybridized carbons (Fsp3) is 1.00. The number of alkyl halides is 2. The van der Waals surface area contributed by atoms with Crippen molar-refractivity contribution in [2.45, 2.75) is 43.8 Å². The summed E-state index contributed by atoms with van der Waals surface area (Å²) in [5.41, 5.74) is 5.47. The van der Waals surface area contributed by atoms with Crippen LogP contribution in [0.15, 0.2) is 0 Å². The summed E-state index contributed by atoms with van der Waals surface area (Å²) >= 11 is 1.90. The Morgan fingerprint density at radius 1 is 1.33 bits per heavy atom. The van der Waals surface area contributed by atoms with Crippen LogP contribution in [0.2, 0.25) is 0 Å². The molecule has 0 spiro atoms. The highest BCUT2D eigenvalue weighted by Crippen LogP contribution is 2.62. The smallest absolute Gasteiger partial charge is 0.249 e. The maximum absolute atomic E-state index is 13.1. The molecule has 2 N–H and O–H groups in total. The Labute approximate surface area is 94.2 Å². The second kappa shape index (κ2) is 3.33. The lowest BCUT2D eigenvalue weighted by molar-refractivity contribution is -0.181. The average Bonchev–Trinajstić information content (AvgIpc) is 2.40. The molecule has 1 atom stereocenters. The molecule has 1 nitrogen and oxygen atoms in total. The van der Waals surface area contributed by atoms with Crippen molar-refractivity contribution in [2.24, 2.45) is 17.1 Å². The maximum atomic E-state index is 13.1. The molecule has 4 heteroatoms. The molecule has 1 aliphatic carbocycles. The number of rotatable bonds is 2. The van der Waals surface area contributed by atoms with Crippen molar-refractivity contribution in [3.05, 3.63) is 0 Å². The minimum Gasteiger partial charge on any atom is -0.330 e. The standard InChI is InChI=1S/C11H19F2NS/c1-9(2)8(3-4-15-9)10(7-14)5-11(12,13)6-10/h8H,3-7,14H2,1-2H3. The van der Waals surface area contributed by atoms with Crippen LogP contribution >= 0.6 is 11.8 Å². The zero-order valence-corrected chi connectivity index (χ0v) is 10.2. The van der Waals surface area contributed by atoms with Crippen molar-refractivity contribution in [3.8, 4) is 0 Å². The maximum Gasteiger partial charge on any atom is 0.249 e. The number of thioether (sulfide) groups is 1. The SMILES string of the molecule is CC1(C)SCCC1C1(CN)CC(F)(F)C1. The molecule has 1 heterocycles. The van der Waals surface area contributed by atoms with Crippen LogP contribution in [0.5, 0.6) is 0 Å². The Kier molecular flexibility index (Phi) is 2.59. The van der Waals surface area contributed by atoms with Gasteiger partial charge < -0.3 is 5.73 Å². The third-order valence-electron chi connectivity index (χ3n) is 4.09. The van der Waals surface area contributed by atoms with Crippen LogP contribution in [-0.2, 0) is 0 Å². The molecule has 1 saturated carbocycles. The minimum atomic E-state index is -2.46. The first-order chi connectivity index (χ1) is 6.81. The van der Waals surface area contributed by atoms with Gasteiger partial charge >= 0.3 is 0 Å². The summed E-state index contributed by atoms with van der Waals surface area (Å²) in [5.74, 6) is -1.01. The van der Waals surface area contributed by atoms with Gasteiger partial charge in [0, 0.05) is 17.6 Å². The first-order valence-corrected chi connectivity index (χ1v) is 6.52. The predicted molar refractivity (Wildman–Crippen MR) is 60.3 cm³/mol. The van der Waals surface area contributed by atoms with Gasteiger partial charge in [0.2, 0.25) is 5.92 Å². The monoisotopic (exact) mass is 235 g/mol. The van der Waals surface area contributed by atoms with E-state index in [0.29, 0.717) is 12.5 Å². The Morgan fingerprint density at radius 3 is 2.27 bits per heavy atom. The van der Waals surface area contributed by atoms with Gasteiger partial charge in [-0.3, -0.25) is 0 Å². The molecule has 0 aromatic rings. The molecule has 1 unspecified atom stereocenters. The molecular weight excluding hydrogens is 216 g/mol. The number of halogens is 2. The molecule has 0 amide bonds. The molecule has 1 aliphatic heterocycles. The molecule has 88 valence electrons. The highest BCUT2D eigenvalue weighted by atomic mass is 32.2. The molecule has 2 rings (SSSR count). The van der Waals surface area contributed by atoms with Crippen LogP contribution in [0.1, 0.15) is 33.1 Å². The predicted octanol–water partition coefficient (Wildman–Crippen LogP) is 2.89. The lowest BCUT2D eigenvalue weighted by atomic mass is 9.55. The average molecular weight is 235 g/mol. The summed E-state index contributed by atoms with van der Waals surface area (Å²) in [5, 5.41) is 0. The molecule has 0 aromatic carbocycles. The van der Waals surface area contributed by atoms with Crippen LogP contribution in [0.25, 0.3) is 0 Å². The Hall–Kier alpha value is 0.170. The zero-order chi connectivity index (χ0) is 11.3. The van der Waals surface area contributed by atoms with Gasteiger partial charge in [-0.2, -0.15) is 11.8 Å². The van der Waals surface area contributed by atoms with Crippen LogP contribution < -0.4 is 5.73 Å². The second-order valence-corrected chi connectivity index (χ2v) is 7.32. The van der Waals surface area contributed by atoms with Crippen molar-refractivity contribution < 1.29 is 8.78 Å². The van der Waals surface area contributed by atoms with Crippen molar-refractivity contribution in [1.29, 1.82) is 0 Å². The van der Waals surface area contributed by atoms with E-state index in [-0.39, 0.29) is 23.0 Å². The topological polar surface area (TPSA) is 26.0 Å². The number of hydrogen-bond acceptors (Lipinski definition) is 2. The van der Waals surface area contributed by atoms with E-state index >= 15 is 0 Å². The summed E-state index contributed by atoms with van der Waals surface area (Å²) < 4.78 is 26.2. The van der Waals surface area contributed by atoms with Gasteiger partial charge in [-0.15, -0.1) is 0 Å². The summed E-state index contributed by atoms with van der Waals surface area (Å²) in [7, 11) is 0. The zero-order valence-electron chi connectivity index (χ0n) is 9.35.